The fourth-order valence-corrected chi connectivity index (χ4v) is 1.70. The number of carbonyl (C=O) groups excluding carboxylic acids is 4. The predicted octanol–water partition coefficient (Wildman–Crippen LogP) is 1.61. The molecule has 0 aliphatic heterocycles. The first-order chi connectivity index (χ1) is 13.8. The minimum absolute atomic E-state index is 0.456. The summed E-state index contributed by atoms with van der Waals surface area (Å²) < 4.78 is 0. The van der Waals surface area contributed by atoms with E-state index in [0.717, 1.165) is 32.2 Å². The molecule has 0 aliphatic rings. The van der Waals surface area contributed by atoms with Crippen LogP contribution in [-0.4, -0.2) is 50.7 Å². The van der Waals surface area contributed by atoms with Gasteiger partial charge in [0.15, 0.2) is 0 Å². The maximum atomic E-state index is 10.9. The molecule has 0 rings (SSSR count). The highest BCUT2D eigenvalue weighted by atomic mass is 16.2. The fraction of sp³-hybridized carbons (Fsp3) is 0.619. The van der Waals surface area contributed by atoms with Gasteiger partial charge < -0.3 is 21.7 Å². The van der Waals surface area contributed by atoms with Gasteiger partial charge >= 0.3 is 11.8 Å². The molecule has 0 unspecified atom stereocenters. The second-order valence-corrected chi connectivity index (χ2v) is 5.89. The van der Waals surface area contributed by atoms with Crippen molar-refractivity contribution in [3.8, 4) is 0 Å². The lowest BCUT2D eigenvalue weighted by atomic mass is 10.2. The molecule has 0 aromatic rings. The maximum absolute atomic E-state index is 10.9. The van der Waals surface area contributed by atoms with Gasteiger partial charge in [-0.25, -0.2) is 0 Å². The minimum atomic E-state index is -0.585. The van der Waals surface area contributed by atoms with Crippen molar-refractivity contribution in [2.24, 2.45) is 5.73 Å². The molecule has 0 saturated carbocycles. The molecule has 3 amide bonds. The molecule has 0 saturated heterocycles. The van der Waals surface area contributed by atoms with E-state index >= 15 is 0 Å². The molecular formula is C21H40N4O4. The van der Waals surface area contributed by atoms with Crippen LogP contribution in [-0.2, 0) is 19.2 Å². The van der Waals surface area contributed by atoms with Crippen LogP contribution in [0.15, 0.2) is 24.3 Å². The molecule has 0 bridgehead atoms. The van der Waals surface area contributed by atoms with Crippen LogP contribution in [0.25, 0.3) is 0 Å². The number of likely N-dealkylation sites (N-methyl/N-ethyl adjacent to an activating group) is 2. The number of carbonyl (C=O) groups is 4. The summed E-state index contributed by atoms with van der Waals surface area (Å²) in [4.78, 5) is 41.7. The van der Waals surface area contributed by atoms with Gasteiger partial charge in [0.1, 0.15) is 0 Å². The van der Waals surface area contributed by atoms with Gasteiger partial charge in [0, 0.05) is 27.6 Å². The van der Waals surface area contributed by atoms with E-state index in [4.69, 9.17) is 5.73 Å². The average Bonchev–Trinajstić information content (AvgIpc) is 2.73. The number of rotatable bonds is 10. The summed E-state index contributed by atoms with van der Waals surface area (Å²) in [7, 11) is 2.86. The van der Waals surface area contributed by atoms with Crippen molar-refractivity contribution in [3.63, 3.8) is 0 Å². The molecule has 8 nitrogen and oxygen atoms in total. The van der Waals surface area contributed by atoms with Crippen molar-refractivity contribution in [1.29, 1.82) is 0 Å². The zero-order valence-electron chi connectivity index (χ0n) is 18.7. The summed E-state index contributed by atoms with van der Waals surface area (Å²) in [5.41, 5.74) is 5.29. The van der Waals surface area contributed by atoms with Crippen molar-refractivity contribution in [3.05, 3.63) is 24.3 Å². The monoisotopic (exact) mass is 412 g/mol. The van der Waals surface area contributed by atoms with Crippen molar-refractivity contribution in [2.75, 3.05) is 27.2 Å². The van der Waals surface area contributed by atoms with Crippen molar-refractivity contribution >= 4 is 23.5 Å². The standard InChI is InChI=1S/C10H18N2O2.C7H15N.C4H7NO2/c1-3-4-5-6-7-8-12-10(14)9(13)11-2;1-2-3-4-5-6-7-8;1-3(6)4(7)5-2/h3-4H,5-8H2,1-2H3,(H,11,13)(H,12,14);2-3H,4-8H2,1H3;1-2H3,(H,5,7)/b4-3-;3-2-;. The van der Waals surface area contributed by atoms with E-state index in [1.165, 1.54) is 33.9 Å². The number of nitrogens with two attached hydrogens (primary N) is 1. The smallest absolute Gasteiger partial charge is 0.309 e. The zero-order chi connectivity index (χ0) is 22.9. The third-order valence-corrected chi connectivity index (χ3v) is 3.36. The molecule has 0 aromatic heterocycles. The molecule has 0 radical (unpaired) electrons. The van der Waals surface area contributed by atoms with Gasteiger partial charge in [-0.2, -0.15) is 0 Å². The van der Waals surface area contributed by atoms with Crippen LogP contribution in [0.4, 0.5) is 0 Å². The predicted molar refractivity (Wildman–Crippen MR) is 118 cm³/mol. The van der Waals surface area contributed by atoms with E-state index in [-0.39, 0.29) is 0 Å². The first-order valence-electron chi connectivity index (χ1n) is 9.97. The maximum Gasteiger partial charge on any atom is 0.309 e. The third-order valence-electron chi connectivity index (χ3n) is 3.36. The number of Topliss-reactive ketones (excluding diaryl/α,β-unsaturated/α-hetero) is 1. The van der Waals surface area contributed by atoms with Gasteiger partial charge in [-0.1, -0.05) is 24.3 Å². The van der Waals surface area contributed by atoms with Crippen LogP contribution in [0.2, 0.25) is 0 Å². The number of allylic oxidation sites excluding steroid dienone is 4. The highest BCUT2D eigenvalue weighted by molar-refractivity contribution is 6.35. The van der Waals surface area contributed by atoms with E-state index in [0.29, 0.717) is 6.54 Å². The lowest BCUT2D eigenvalue weighted by molar-refractivity contribution is -0.138. The number of nitrogens with one attached hydrogen (secondary N) is 3. The number of hydrogen-bond acceptors (Lipinski definition) is 5. The molecule has 0 aliphatic carbocycles. The van der Waals surface area contributed by atoms with Crippen LogP contribution < -0.4 is 21.7 Å². The Bertz CT molecular complexity index is 503. The summed E-state index contributed by atoms with van der Waals surface area (Å²) in [5, 5.41) is 6.97. The van der Waals surface area contributed by atoms with Crippen LogP contribution in [0.1, 0.15) is 59.3 Å². The van der Waals surface area contributed by atoms with Crippen molar-refractivity contribution in [2.45, 2.75) is 59.3 Å². The summed E-state index contributed by atoms with van der Waals surface area (Å²) in [6, 6.07) is 0. The molecular weight excluding hydrogens is 372 g/mol. The zero-order valence-corrected chi connectivity index (χ0v) is 18.7. The topological polar surface area (TPSA) is 130 Å². The number of hydrogen-bond donors (Lipinski definition) is 4. The summed E-state index contributed by atoms with van der Waals surface area (Å²) in [6.45, 7) is 6.63. The quantitative estimate of drug-likeness (QED) is 0.246. The van der Waals surface area contributed by atoms with Crippen molar-refractivity contribution < 1.29 is 19.2 Å². The molecule has 8 heteroatoms. The molecule has 0 heterocycles. The van der Waals surface area contributed by atoms with Crippen LogP contribution in [0.3, 0.4) is 0 Å². The lowest BCUT2D eigenvalue weighted by Gasteiger charge is -2.02. The second kappa shape index (κ2) is 25.5. The number of amides is 3. The lowest BCUT2D eigenvalue weighted by Crippen LogP contribution is -2.38. The van der Waals surface area contributed by atoms with E-state index in [1.54, 1.807) is 0 Å². The third kappa shape index (κ3) is 27.8. The van der Waals surface area contributed by atoms with Crippen molar-refractivity contribution in [1.82, 2.24) is 16.0 Å². The van der Waals surface area contributed by atoms with Gasteiger partial charge in [-0.05, 0) is 58.9 Å². The fourth-order valence-electron chi connectivity index (χ4n) is 1.70. The Balaban J connectivity index is -0.000000383. The summed E-state index contributed by atoms with van der Waals surface area (Å²) in [5.74, 6) is -2.14. The second-order valence-electron chi connectivity index (χ2n) is 5.89. The van der Waals surface area contributed by atoms with Crippen LogP contribution in [0, 0.1) is 0 Å². The highest BCUT2D eigenvalue weighted by Crippen LogP contribution is 1.95. The molecule has 0 aromatic carbocycles. The Hall–Kier alpha value is -2.48. The SMILES string of the molecule is C/C=C\CCCCN.C/C=C\CCCCNC(=O)C(=O)NC.CNC(=O)C(C)=O. The molecule has 29 heavy (non-hydrogen) atoms. The normalized spacial score (nSPS) is 9.72. The largest absolute Gasteiger partial charge is 0.353 e. The van der Waals surface area contributed by atoms with Gasteiger partial charge in [0.2, 0.25) is 5.78 Å². The molecule has 0 spiro atoms. The Morgan fingerprint density at radius 1 is 0.759 bits per heavy atom. The van der Waals surface area contributed by atoms with Crippen LogP contribution in [0.5, 0.6) is 0 Å². The molecule has 0 atom stereocenters. The Morgan fingerprint density at radius 3 is 1.59 bits per heavy atom. The van der Waals surface area contributed by atoms with E-state index in [9.17, 15) is 19.2 Å². The van der Waals surface area contributed by atoms with Gasteiger partial charge in [0.05, 0.1) is 0 Å². The summed E-state index contributed by atoms with van der Waals surface area (Å²) in [6.07, 6.45) is 14.9. The first-order valence-corrected chi connectivity index (χ1v) is 9.97. The van der Waals surface area contributed by atoms with Gasteiger partial charge in [-0.3, -0.25) is 19.2 Å². The Labute approximate surface area is 175 Å². The molecule has 5 N–H and O–H groups in total. The first kappa shape index (κ1) is 31.2. The Morgan fingerprint density at radius 2 is 1.24 bits per heavy atom. The summed E-state index contributed by atoms with van der Waals surface area (Å²) >= 11 is 0. The number of unbranched alkanes of at least 4 members (excludes halogenated alkanes) is 4. The minimum Gasteiger partial charge on any atom is -0.353 e. The molecule has 0 fully saturated rings. The van der Waals surface area contributed by atoms with Gasteiger partial charge in [-0.15, -0.1) is 0 Å². The molecule has 168 valence electrons. The van der Waals surface area contributed by atoms with E-state index in [2.05, 4.69) is 34.2 Å². The highest BCUT2D eigenvalue weighted by Gasteiger charge is 2.08. The average molecular weight is 413 g/mol. The van der Waals surface area contributed by atoms with E-state index in [1.807, 2.05) is 19.9 Å². The Kier molecular flexibility index (Phi) is 27.5. The number of ketones is 1. The van der Waals surface area contributed by atoms with E-state index < -0.39 is 23.5 Å². The van der Waals surface area contributed by atoms with Crippen LogP contribution >= 0.6 is 0 Å². The van der Waals surface area contributed by atoms with Gasteiger partial charge in [0.25, 0.3) is 5.91 Å².